The van der Waals surface area contributed by atoms with Crippen LogP contribution in [0.5, 0.6) is 5.75 Å². The van der Waals surface area contributed by atoms with E-state index in [2.05, 4.69) is 24.5 Å². The first-order valence-electron chi connectivity index (χ1n) is 10.0. The highest BCUT2D eigenvalue weighted by Gasteiger charge is 2.25. The van der Waals surface area contributed by atoms with E-state index in [1.807, 2.05) is 0 Å². The van der Waals surface area contributed by atoms with Gasteiger partial charge in [0, 0.05) is 6.04 Å². The molecule has 0 aliphatic heterocycles. The van der Waals surface area contributed by atoms with Crippen LogP contribution in [0, 0.1) is 5.92 Å². The van der Waals surface area contributed by atoms with E-state index in [1.165, 1.54) is 0 Å². The highest BCUT2D eigenvalue weighted by Crippen LogP contribution is 2.21. The van der Waals surface area contributed by atoms with Crippen molar-refractivity contribution in [2.45, 2.75) is 32.7 Å². The molecule has 2 amide bonds. The number of benzene rings is 2. The third-order valence-electron chi connectivity index (χ3n) is 4.37. The Morgan fingerprint density at radius 1 is 1.03 bits per heavy atom. The van der Waals surface area contributed by atoms with Crippen molar-refractivity contribution in [3.63, 3.8) is 0 Å². The molecule has 3 rings (SSSR count). The van der Waals surface area contributed by atoms with Crippen molar-refractivity contribution in [2.24, 2.45) is 5.92 Å². The summed E-state index contributed by atoms with van der Waals surface area (Å²) in [6.45, 7) is 4.23. The smallest absolute Gasteiger partial charge is 0.338 e. The van der Waals surface area contributed by atoms with Crippen molar-refractivity contribution in [1.29, 1.82) is 0 Å². The fraction of sp³-hybridized carbons (Fsp3) is 0.348. The molecule has 0 heterocycles. The number of para-hydroxylation sites is 1. The Kier molecular flexibility index (Phi) is 7.06. The Balaban J connectivity index is 1.51. The number of amides is 2. The molecule has 0 radical (unpaired) electrons. The van der Waals surface area contributed by atoms with Gasteiger partial charge in [-0.25, -0.2) is 4.79 Å². The van der Waals surface area contributed by atoms with Gasteiger partial charge in [0.25, 0.3) is 11.8 Å². The molecule has 0 unspecified atom stereocenters. The van der Waals surface area contributed by atoms with Crippen LogP contribution in [0.1, 0.15) is 47.4 Å². The second kappa shape index (κ2) is 9.91. The van der Waals surface area contributed by atoms with Gasteiger partial charge in [-0.05, 0) is 55.2 Å². The number of ether oxygens (including phenoxy) is 2. The SMILES string of the molecule is CC(C)COc1ccc(C(=O)OCC(=O)Nc2ccccc2C(=O)NC2CC2)cc1. The molecule has 2 aromatic carbocycles. The Morgan fingerprint density at radius 3 is 2.40 bits per heavy atom. The van der Waals surface area contributed by atoms with E-state index in [4.69, 9.17) is 9.47 Å². The second-order valence-corrected chi connectivity index (χ2v) is 7.65. The quantitative estimate of drug-likeness (QED) is 0.618. The molecule has 30 heavy (non-hydrogen) atoms. The average molecular weight is 410 g/mol. The summed E-state index contributed by atoms with van der Waals surface area (Å²) in [4.78, 5) is 36.7. The standard InChI is InChI=1S/C23H26N2O5/c1-15(2)13-29-18-11-7-16(8-12-18)23(28)30-14-21(26)25-20-6-4-3-5-19(20)22(27)24-17-9-10-17/h3-8,11-12,15,17H,9-10,13-14H2,1-2H3,(H,24,27)(H,25,26). The minimum Gasteiger partial charge on any atom is -0.493 e. The second-order valence-electron chi connectivity index (χ2n) is 7.65. The largest absolute Gasteiger partial charge is 0.493 e. The number of hydrogen-bond acceptors (Lipinski definition) is 5. The Bertz CT molecular complexity index is 904. The van der Waals surface area contributed by atoms with E-state index in [1.54, 1.807) is 48.5 Å². The molecule has 2 N–H and O–H groups in total. The highest BCUT2D eigenvalue weighted by molar-refractivity contribution is 6.04. The van der Waals surface area contributed by atoms with E-state index >= 15 is 0 Å². The molecule has 0 aromatic heterocycles. The lowest BCUT2D eigenvalue weighted by Crippen LogP contribution is -2.28. The molecular formula is C23H26N2O5. The fourth-order valence-electron chi connectivity index (χ4n) is 2.63. The van der Waals surface area contributed by atoms with Gasteiger partial charge in [-0.15, -0.1) is 0 Å². The Hall–Kier alpha value is -3.35. The van der Waals surface area contributed by atoms with Gasteiger partial charge in [-0.3, -0.25) is 9.59 Å². The normalized spacial score (nSPS) is 12.9. The van der Waals surface area contributed by atoms with Gasteiger partial charge < -0.3 is 20.1 Å². The van der Waals surface area contributed by atoms with Crippen LogP contribution in [0.4, 0.5) is 5.69 Å². The molecule has 2 aromatic rings. The summed E-state index contributed by atoms with van der Waals surface area (Å²) >= 11 is 0. The van der Waals surface area contributed by atoms with Crippen LogP contribution in [0.3, 0.4) is 0 Å². The van der Waals surface area contributed by atoms with Gasteiger partial charge in [0.05, 0.1) is 23.4 Å². The number of hydrogen-bond donors (Lipinski definition) is 2. The molecular weight excluding hydrogens is 384 g/mol. The monoisotopic (exact) mass is 410 g/mol. The van der Waals surface area contributed by atoms with Crippen LogP contribution in [0.25, 0.3) is 0 Å². The lowest BCUT2D eigenvalue weighted by atomic mass is 10.1. The van der Waals surface area contributed by atoms with Crippen molar-refractivity contribution in [2.75, 3.05) is 18.5 Å². The molecule has 0 bridgehead atoms. The van der Waals surface area contributed by atoms with Crippen molar-refractivity contribution in [3.8, 4) is 5.75 Å². The van der Waals surface area contributed by atoms with Gasteiger partial charge in [0.2, 0.25) is 0 Å². The molecule has 1 aliphatic carbocycles. The molecule has 0 spiro atoms. The van der Waals surface area contributed by atoms with Gasteiger partial charge in [-0.2, -0.15) is 0 Å². The lowest BCUT2D eigenvalue weighted by molar-refractivity contribution is -0.119. The van der Waals surface area contributed by atoms with Gasteiger partial charge in [-0.1, -0.05) is 26.0 Å². The Labute approximate surface area is 175 Å². The maximum Gasteiger partial charge on any atom is 0.338 e. The van der Waals surface area contributed by atoms with Crippen LogP contribution in [0.2, 0.25) is 0 Å². The third-order valence-corrected chi connectivity index (χ3v) is 4.37. The van der Waals surface area contributed by atoms with Crippen molar-refractivity contribution < 1.29 is 23.9 Å². The number of carbonyl (C=O) groups excluding carboxylic acids is 3. The maximum atomic E-state index is 12.3. The van der Waals surface area contributed by atoms with Crippen molar-refractivity contribution in [3.05, 3.63) is 59.7 Å². The first-order chi connectivity index (χ1) is 14.4. The van der Waals surface area contributed by atoms with Crippen LogP contribution < -0.4 is 15.4 Å². The van der Waals surface area contributed by atoms with Crippen LogP contribution in [-0.4, -0.2) is 37.0 Å². The van der Waals surface area contributed by atoms with E-state index in [-0.39, 0.29) is 11.9 Å². The minimum atomic E-state index is -0.611. The molecule has 0 saturated heterocycles. The Morgan fingerprint density at radius 2 is 1.73 bits per heavy atom. The molecule has 0 atom stereocenters. The van der Waals surface area contributed by atoms with E-state index in [9.17, 15) is 14.4 Å². The van der Waals surface area contributed by atoms with Gasteiger partial charge in [0.15, 0.2) is 6.61 Å². The number of nitrogens with one attached hydrogen (secondary N) is 2. The summed E-state index contributed by atoms with van der Waals surface area (Å²) in [5.74, 6) is -0.297. The summed E-state index contributed by atoms with van der Waals surface area (Å²) in [7, 11) is 0. The van der Waals surface area contributed by atoms with Gasteiger partial charge in [0.1, 0.15) is 5.75 Å². The molecule has 7 nitrogen and oxygen atoms in total. The summed E-state index contributed by atoms with van der Waals surface area (Å²) in [5.41, 5.74) is 1.08. The topological polar surface area (TPSA) is 93.7 Å². The zero-order valence-corrected chi connectivity index (χ0v) is 17.1. The molecule has 1 saturated carbocycles. The maximum absolute atomic E-state index is 12.3. The zero-order valence-electron chi connectivity index (χ0n) is 17.1. The summed E-state index contributed by atoms with van der Waals surface area (Å²) < 4.78 is 10.7. The van der Waals surface area contributed by atoms with Crippen molar-refractivity contribution in [1.82, 2.24) is 5.32 Å². The predicted octanol–water partition coefficient (Wildman–Crippen LogP) is 3.41. The van der Waals surface area contributed by atoms with E-state index in [0.717, 1.165) is 12.8 Å². The zero-order chi connectivity index (χ0) is 21.5. The molecule has 1 fully saturated rings. The number of anilines is 1. The first kappa shape index (κ1) is 21.4. The van der Waals surface area contributed by atoms with E-state index < -0.39 is 18.5 Å². The molecule has 158 valence electrons. The van der Waals surface area contributed by atoms with Crippen LogP contribution in [0.15, 0.2) is 48.5 Å². The fourth-order valence-corrected chi connectivity index (χ4v) is 2.63. The van der Waals surface area contributed by atoms with Gasteiger partial charge >= 0.3 is 5.97 Å². The number of esters is 1. The summed E-state index contributed by atoms with van der Waals surface area (Å²) in [5, 5.41) is 5.52. The number of carbonyl (C=O) groups is 3. The van der Waals surface area contributed by atoms with Crippen LogP contribution >= 0.6 is 0 Å². The summed E-state index contributed by atoms with van der Waals surface area (Å²) in [6, 6.07) is 13.5. The summed E-state index contributed by atoms with van der Waals surface area (Å²) in [6.07, 6.45) is 1.95. The minimum absolute atomic E-state index is 0.212. The third kappa shape index (κ3) is 6.34. The van der Waals surface area contributed by atoms with Crippen LogP contribution in [-0.2, 0) is 9.53 Å². The number of rotatable bonds is 9. The molecule has 7 heteroatoms. The van der Waals surface area contributed by atoms with E-state index in [0.29, 0.717) is 35.1 Å². The highest BCUT2D eigenvalue weighted by atomic mass is 16.5. The predicted molar refractivity (Wildman–Crippen MR) is 113 cm³/mol. The van der Waals surface area contributed by atoms with Crippen molar-refractivity contribution >= 4 is 23.5 Å². The molecule has 1 aliphatic rings. The lowest BCUT2D eigenvalue weighted by Gasteiger charge is -2.11. The first-order valence-corrected chi connectivity index (χ1v) is 10.0. The average Bonchev–Trinajstić information content (AvgIpc) is 3.55.